The molecule has 6 rings (SSSR count). The highest BCUT2D eigenvalue weighted by molar-refractivity contribution is 8.00. The number of nitrogens with one attached hydrogen (secondary N) is 1. The Morgan fingerprint density at radius 3 is 2.30 bits per heavy atom. The van der Waals surface area contributed by atoms with Gasteiger partial charge in [0.25, 0.3) is 0 Å². The molecule has 4 aromatic rings. The summed E-state index contributed by atoms with van der Waals surface area (Å²) in [6.07, 6.45) is 0. The molecule has 1 fully saturated rings. The number of aryl methyl sites for hydroxylation is 1. The Morgan fingerprint density at radius 2 is 1.65 bits per heavy atom. The van der Waals surface area contributed by atoms with Crippen LogP contribution in [0, 0.1) is 12.8 Å². The van der Waals surface area contributed by atoms with Gasteiger partial charge in [0.1, 0.15) is 11.8 Å². The Bertz CT molecular complexity index is 1810. The van der Waals surface area contributed by atoms with Gasteiger partial charge in [0.2, 0.25) is 17.7 Å². The first-order valence-corrected chi connectivity index (χ1v) is 16.0. The van der Waals surface area contributed by atoms with Gasteiger partial charge in [-0.05, 0) is 65.4 Å². The summed E-state index contributed by atoms with van der Waals surface area (Å²) in [6, 6.07) is 22.1. The summed E-state index contributed by atoms with van der Waals surface area (Å²) in [6.45, 7) is 8.12. The van der Waals surface area contributed by atoms with Gasteiger partial charge in [-0.15, -0.1) is 0 Å². The number of benzene rings is 3. The Balaban J connectivity index is 1.42. The lowest BCUT2D eigenvalue weighted by atomic mass is 9.81. The van der Waals surface area contributed by atoms with E-state index in [1.165, 1.54) is 21.2 Å². The van der Waals surface area contributed by atoms with E-state index in [0.29, 0.717) is 26.3 Å². The van der Waals surface area contributed by atoms with E-state index in [2.05, 4.69) is 26.1 Å². The van der Waals surface area contributed by atoms with E-state index < -0.39 is 17.1 Å². The number of imide groups is 1. The number of anilines is 2. The number of hydrogen-bond donors (Lipinski definition) is 1. The fraction of sp³-hybridized carbons (Fsp3) is 0.273. The third-order valence-corrected chi connectivity index (χ3v) is 10.7. The van der Waals surface area contributed by atoms with E-state index in [1.807, 2.05) is 49.4 Å². The number of carbonyl (C=O) groups excluding carboxylic acids is 3. The number of thiazole rings is 1. The van der Waals surface area contributed by atoms with E-state index in [0.717, 1.165) is 28.0 Å². The average molecular weight is 632 g/mol. The Hall–Kier alpha value is -3.66. The number of amides is 3. The maximum atomic E-state index is 14.1. The van der Waals surface area contributed by atoms with Gasteiger partial charge in [-0.25, -0.2) is 4.90 Å². The van der Waals surface area contributed by atoms with Crippen LogP contribution in [0.2, 0.25) is 5.02 Å². The van der Waals surface area contributed by atoms with Gasteiger partial charge in [0.15, 0.2) is 0 Å². The highest BCUT2D eigenvalue weighted by Gasteiger charge is 2.56. The number of nitrogens with zero attached hydrogens (tertiary/aromatic N) is 2. The van der Waals surface area contributed by atoms with Crippen LogP contribution in [0.4, 0.5) is 11.4 Å². The van der Waals surface area contributed by atoms with Crippen molar-refractivity contribution in [2.75, 3.05) is 10.2 Å². The molecule has 220 valence electrons. The monoisotopic (exact) mass is 631 g/mol. The minimum absolute atomic E-state index is 0.0715. The molecule has 2 aliphatic heterocycles. The van der Waals surface area contributed by atoms with Gasteiger partial charge in [0.05, 0.1) is 16.6 Å². The fourth-order valence-electron chi connectivity index (χ4n) is 5.72. The molecule has 7 nitrogen and oxygen atoms in total. The number of aromatic nitrogens is 1. The summed E-state index contributed by atoms with van der Waals surface area (Å²) in [4.78, 5) is 56.1. The first-order chi connectivity index (χ1) is 20.4. The molecule has 3 amide bonds. The highest BCUT2D eigenvalue weighted by atomic mass is 35.5. The molecule has 1 saturated heterocycles. The SMILES string of the molecule is Cc1cccc(NC(=O)Cn2c3c(sc2=O)C(c2ccc(C(C)(C)C)cc2)C2C(=O)N(c4ccc(Cl)cc4)C(=O)C2S3)c1. The molecule has 3 unspecified atom stereocenters. The number of hydrogen-bond acceptors (Lipinski definition) is 6. The molecular weight excluding hydrogens is 602 g/mol. The van der Waals surface area contributed by atoms with Crippen molar-refractivity contribution in [3.05, 3.63) is 109 Å². The van der Waals surface area contributed by atoms with Crippen LogP contribution < -0.4 is 15.1 Å². The minimum atomic E-state index is -0.761. The van der Waals surface area contributed by atoms with Crippen molar-refractivity contribution in [1.82, 2.24) is 4.57 Å². The van der Waals surface area contributed by atoms with Crippen molar-refractivity contribution in [3.8, 4) is 0 Å². The molecule has 0 aliphatic carbocycles. The van der Waals surface area contributed by atoms with E-state index in [4.69, 9.17) is 11.6 Å². The third kappa shape index (κ3) is 5.46. The van der Waals surface area contributed by atoms with Crippen molar-refractivity contribution >= 4 is 63.8 Å². The standard InChI is InChI=1S/C33H30ClN3O4S2/c1-18-6-5-7-22(16-18)35-24(38)17-36-31-28(43-32(36)41)25(19-8-10-20(11-9-19)33(2,3)4)26-27(42-31)30(40)37(29(26)39)23-14-12-21(34)13-15-23/h5-16,25-27H,17H2,1-4H3,(H,35,38). The first kappa shape index (κ1) is 29.4. The topological polar surface area (TPSA) is 88.5 Å². The smallest absolute Gasteiger partial charge is 0.308 e. The Kier molecular flexibility index (Phi) is 7.61. The normalized spacial score (nSPS) is 19.7. The van der Waals surface area contributed by atoms with Crippen LogP contribution in [0.3, 0.4) is 0 Å². The maximum Gasteiger partial charge on any atom is 0.308 e. The van der Waals surface area contributed by atoms with Crippen molar-refractivity contribution < 1.29 is 14.4 Å². The molecular formula is C33H30ClN3O4S2. The van der Waals surface area contributed by atoms with Gasteiger partial charge < -0.3 is 5.32 Å². The molecule has 1 N–H and O–H groups in total. The highest BCUT2D eigenvalue weighted by Crippen LogP contribution is 2.54. The van der Waals surface area contributed by atoms with Crippen molar-refractivity contribution in [2.24, 2.45) is 5.92 Å². The summed E-state index contributed by atoms with van der Waals surface area (Å²) in [5, 5.41) is 3.17. The second kappa shape index (κ2) is 11.1. The molecule has 1 aromatic heterocycles. The molecule has 0 radical (unpaired) electrons. The van der Waals surface area contributed by atoms with E-state index in [-0.39, 0.29) is 34.6 Å². The van der Waals surface area contributed by atoms with E-state index in [9.17, 15) is 19.2 Å². The van der Waals surface area contributed by atoms with Crippen LogP contribution in [0.25, 0.3) is 0 Å². The molecule has 43 heavy (non-hydrogen) atoms. The zero-order valence-corrected chi connectivity index (χ0v) is 26.5. The number of halogens is 1. The molecule has 2 aliphatic rings. The molecule has 3 heterocycles. The van der Waals surface area contributed by atoms with Crippen molar-refractivity contribution in [1.29, 1.82) is 0 Å². The van der Waals surface area contributed by atoms with Gasteiger partial charge in [0, 0.05) is 21.5 Å². The van der Waals surface area contributed by atoms with Gasteiger partial charge in [-0.2, -0.15) is 0 Å². The predicted molar refractivity (Wildman–Crippen MR) is 172 cm³/mol. The summed E-state index contributed by atoms with van der Waals surface area (Å²) in [7, 11) is 0. The van der Waals surface area contributed by atoms with Crippen LogP contribution >= 0.6 is 34.7 Å². The zero-order valence-electron chi connectivity index (χ0n) is 24.1. The average Bonchev–Trinajstić information content (AvgIpc) is 3.39. The molecule has 3 aromatic carbocycles. The lowest BCUT2D eigenvalue weighted by Crippen LogP contribution is -2.33. The predicted octanol–water partition coefficient (Wildman–Crippen LogP) is 6.60. The second-order valence-corrected chi connectivity index (χ2v) is 14.5. The van der Waals surface area contributed by atoms with E-state index in [1.54, 1.807) is 30.3 Å². The quantitative estimate of drug-likeness (QED) is 0.251. The summed E-state index contributed by atoms with van der Waals surface area (Å²) >= 11 is 8.32. The molecule has 0 spiro atoms. The molecule has 3 atom stereocenters. The lowest BCUT2D eigenvalue weighted by molar-refractivity contribution is -0.122. The maximum absolute atomic E-state index is 14.1. The van der Waals surface area contributed by atoms with Crippen LogP contribution in [0.1, 0.15) is 48.3 Å². The van der Waals surface area contributed by atoms with Gasteiger partial charge >= 0.3 is 4.87 Å². The summed E-state index contributed by atoms with van der Waals surface area (Å²) < 4.78 is 1.44. The minimum Gasteiger partial charge on any atom is -0.325 e. The van der Waals surface area contributed by atoms with Gasteiger partial charge in [-0.3, -0.25) is 23.7 Å². The Morgan fingerprint density at radius 1 is 0.953 bits per heavy atom. The van der Waals surface area contributed by atoms with Crippen LogP contribution in [0.15, 0.2) is 82.6 Å². The van der Waals surface area contributed by atoms with Crippen LogP contribution in [0.5, 0.6) is 0 Å². The van der Waals surface area contributed by atoms with Gasteiger partial charge in [-0.1, -0.05) is 91.9 Å². The molecule has 10 heteroatoms. The molecule has 0 saturated carbocycles. The number of thioether (sulfide) groups is 1. The Labute approximate surface area is 262 Å². The van der Waals surface area contributed by atoms with Crippen molar-refractivity contribution in [3.63, 3.8) is 0 Å². The first-order valence-electron chi connectivity index (χ1n) is 13.9. The van der Waals surface area contributed by atoms with Crippen LogP contribution in [-0.4, -0.2) is 27.5 Å². The van der Waals surface area contributed by atoms with Crippen molar-refractivity contribution in [2.45, 2.75) is 55.8 Å². The number of carbonyl (C=O) groups is 3. The number of fused-ring (bicyclic) bond motifs is 2. The lowest BCUT2D eigenvalue weighted by Gasteiger charge is -2.31. The fourth-order valence-corrected chi connectivity index (χ4v) is 8.62. The largest absolute Gasteiger partial charge is 0.325 e. The summed E-state index contributed by atoms with van der Waals surface area (Å²) in [5.74, 6) is -2.25. The van der Waals surface area contributed by atoms with Crippen LogP contribution in [-0.2, 0) is 26.3 Å². The third-order valence-electron chi connectivity index (χ3n) is 7.87. The summed E-state index contributed by atoms with van der Waals surface area (Å²) in [5.41, 5.74) is 4.00. The zero-order chi connectivity index (χ0) is 30.6. The van der Waals surface area contributed by atoms with E-state index >= 15 is 0 Å². The number of rotatable bonds is 5. The second-order valence-electron chi connectivity index (χ2n) is 11.9. The molecule has 0 bridgehead atoms.